The highest BCUT2D eigenvalue weighted by Crippen LogP contribution is 2.45. The van der Waals surface area contributed by atoms with Gasteiger partial charge in [0.2, 0.25) is 12.7 Å². The van der Waals surface area contributed by atoms with Gasteiger partial charge in [-0.25, -0.2) is 9.18 Å². The first-order chi connectivity index (χ1) is 16.4. The maximum absolute atomic E-state index is 13.2. The second kappa shape index (κ2) is 9.98. The molecule has 2 heterocycles. The Balaban J connectivity index is 1.64. The number of hydrogen-bond donors (Lipinski definition) is 1. The fraction of sp³-hybridized carbons (Fsp3) is 0.375. The van der Waals surface area contributed by atoms with E-state index in [-0.39, 0.29) is 32.2 Å². The standard InChI is InChI=1S/C24H25FN2O7/c1-3-32-23(29)17-11-18(22(28)26-12-14-4-7-16(25)8-5-14)27(24(30)31-2)21(17)15-6-9-19-20(10-15)34-13-33-19/h4-10,17-18,21H,3,11-13H2,1-2H3,(H,26,28). The second-order valence-electron chi connectivity index (χ2n) is 7.89. The van der Waals surface area contributed by atoms with Crippen LogP contribution in [0.1, 0.15) is 30.5 Å². The molecule has 3 atom stereocenters. The third-order valence-electron chi connectivity index (χ3n) is 5.89. The normalized spacial score (nSPS) is 20.7. The third kappa shape index (κ3) is 4.61. The summed E-state index contributed by atoms with van der Waals surface area (Å²) < 4.78 is 34.2. The lowest BCUT2D eigenvalue weighted by Gasteiger charge is -2.30. The van der Waals surface area contributed by atoms with Gasteiger partial charge in [0.05, 0.1) is 25.7 Å². The molecular formula is C24H25FN2O7. The summed E-state index contributed by atoms with van der Waals surface area (Å²) in [5.41, 5.74) is 1.27. The highest BCUT2D eigenvalue weighted by molar-refractivity contribution is 5.89. The maximum Gasteiger partial charge on any atom is 0.410 e. The van der Waals surface area contributed by atoms with Crippen LogP contribution in [0.5, 0.6) is 11.5 Å². The quantitative estimate of drug-likeness (QED) is 0.645. The number of methoxy groups -OCH3 is 1. The van der Waals surface area contributed by atoms with Crippen molar-refractivity contribution < 1.29 is 37.7 Å². The lowest BCUT2D eigenvalue weighted by molar-refractivity contribution is -0.148. The van der Waals surface area contributed by atoms with Crippen molar-refractivity contribution in [3.8, 4) is 11.5 Å². The van der Waals surface area contributed by atoms with Crippen molar-refractivity contribution in [3.05, 3.63) is 59.4 Å². The monoisotopic (exact) mass is 472 g/mol. The van der Waals surface area contributed by atoms with Crippen LogP contribution in [0.25, 0.3) is 0 Å². The van der Waals surface area contributed by atoms with Crippen molar-refractivity contribution in [1.82, 2.24) is 10.2 Å². The fourth-order valence-electron chi connectivity index (χ4n) is 4.32. The molecule has 2 aliphatic rings. The number of nitrogens with one attached hydrogen (secondary N) is 1. The van der Waals surface area contributed by atoms with Gasteiger partial charge in [-0.3, -0.25) is 14.5 Å². The maximum atomic E-state index is 13.2. The molecule has 2 aromatic carbocycles. The van der Waals surface area contributed by atoms with Crippen LogP contribution in [0.3, 0.4) is 0 Å². The van der Waals surface area contributed by atoms with Gasteiger partial charge in [-0.05, 0) is 48.7 Å². The molecule has 4 rings (SSSR count). The van der Waals surface area contributed by atoms with Crippen molar-refractivity contribution in [1.29, 1.82) is 0 Å². The highest BCUT2D eigenvalue weighted by atomic mass is 19.1. The molecule has 0 radical (unpaired) electrons. The zero-order chi connectivity index (χ0) is 24.2. The van der Waals surface area contributed by atoms with Gasteiger partial charge in [0.25, 0.3) is 0 Å². The van der Waals surface area contributed by atoms with Crippen LogP contribution in [-0.2, 0) is 25.6 Å². The predicted octanol–water partition coefficient (Wildman–Crippen LogP) is 2.93. The van der Waals surface area contributed by atoms with E-state index in [4.69, 9.17) is 18.9 Å². The Kier molecular flexibility index (Phi) is 6.85. The van der Waals surface area contributed by atoms with Crippen LogP contribution in [0.15, 0.2) is 42.5 Å². The second-order valence-corrected chi connectivity index (χ2v) is 7.89. The van der Waals surface area contributed by atoms with Crippen LogP contribution >= 0.6 is 0 Å². The molecule has 3 unspecified atom stereocenters. The number of nitrogens with zero attached hydrogens (tertiary/aromatic N) is 1. The summed E-state index contributed by atoms with van der Waals surface area (Å²) in [5, 5.41) is 2.77. The molecule has 2 aromatic rings. The van der Waals surface area contributed by atoms with Crippen molar-refractivity contribution >= 4 is 18.0 Å². The summed E-state index contributed by atoms with van der Waals surface area (Å²) in [5.74, 6) is -1.14. The van der Waals surface area contributed by atoms with Crippen LogP contribution < -0.4 is 14.8 Å². The van der Waals surface area contributed by atoms with Crippen molar-refractivity contribution in [2.45, 2.75) is 32.0 Å². The van der Waals surface area contributed by atoms with E-state index < -0.39 is 36.0 Å². The Morgan fingerprint density at radius 2 is 1.85 bits per heavy atom. The van der Waals surface area contributed by atoms with Crippen LogP contribution in [0.4, 0.5) is 9.18 Å². The topological polar surface area (TPSA) is 103 Å². The van der Waals surface area contributed by atoms with Crippen LogP contribution in [0.2, 0.25) is 0 Å². The Morgan fingerprint density at radius 1 is 1.12 bits per heavy atom. The minimum absolute atomic E-state index is 0.0439. The zero-order valence-electron chi connectivity index (χ0n) is 18.8. The number of fused-ring (bicyclic) bond motifs is 1. The molecule has 34 heavy (non-hydrogen) atoms. The number of amides is 2. The number of halogens is 1. The van der Waals surface area contributed by atoms with Gasteiger partial charge in [0, 0.05) is 6.54 Å². The van der Waals surface area contributed by atoms with Gasteiger partial charge in [0.1, 0.15) is 11.9 Å². The molecule has 1 fully saturated rings. The molecule has 9 nitrogen and oxygen atoms in total. The fourth-order valence-corrected chi connectivity index (χ4v) is 4.32. The Bertz CT molecular complexity index is 1080. The Morgan fingerprint density at radius 3 is 2.56 bits per heavy atom. The highest BCUT2D eigenvalue weighted by Gasteiger charge is 2.51. The number of carbonyl (C=O) groups excluding carboxylic acids is 3. The summed E-state index contributed by atoms with van der Waals surface area (Å²) in [6.07, 6.45) is -0.709. The summed E-state index contributed by atoms with van der Waals surface area (Å²) in [7, 11) is 1.21. The molecule has 0 spiro atoms. The zero-order valence-corrected chi connectivity index (χ0v) is 18.8. The van der Waals surface area contributed by atoms with Crippen molar-refractivity contribution in [3.63, 3.8) is 0 Å². The van der Waals surface area contributed by atoms with E-state index >= 15 is 0 Å². The minimum atomic E-state index is -0.988. The average molecular weight is 472 g/mol. The van der Waals surface area contributed by atoms with Crippen molar-refractivity contribution in [2.75, 3.05) is 20.5 Å². The lowest BCUT2D eigenvalue weighted by atomic mass is 9.93. The van der Waals surface area contributed by atoms with E-state index in [1.807, 2.05) is 0 Å². The van der Waals surface area contributed by atoms with E-state index in [9.17, 15) is 18.8 Å². The molecule has 1 N–H and O–H groups in total. The molecule has 0 saturated carbocycles. The molecule has 0 bridgehead atoms. The first kappa shape index (κ1) is 23.3. The average Bonchev–Trinajstić information content (AvgIpc) is 3.47. The third-order valence-corrected chi connectivity index (χ3v) is 5.89. The first-order valence-electron chi connectivity index (χ1n) is 10.9. The van der Waals surface area contributed by atoms with Gasteiger partial charge < -0.3 is 24.3 Å². The van der Waals surface area contributed by atoms with Crippen LogP contribution in [0, 0.1) is 11.7 Å². The first-order valence-corrected chi connectivity index (χ1v) is 10.9. The summed E-state index contributed by atoms with van der Waals surface area (Å²) >= 11 is 0. The van der Waals surface area contributed by atoms with Crippen LogP contribution in [-0.4, -0.2) is 49.4 Å². The van der Waals surface area contributed by atoms with E-state index in [1.54, 1.807) is 37.3 Å². The molecule has 2 amide bonds. The Labute approximate surface area is 195 Å². The lowest BCUT2D eigenvalue weighted by Crippen LogP contribution is -2.46. The summed E-state index contributed by atoms with van der Waals surface area (Å²) in [4.78, 5) is 40.2. The van der Waals surface area contributed by atoms with E-state index in [0.717, 1.165) is 0 Å². The number of ether oxygens (including phenoxy) is 4. The molecule has 0 aliphatic carbocycles. The van der Waals surface area contributed by atoms with Crippen molar-refractivity contribution in [2.24, 2.45) is 5.92 Å². The smallest absolute Gasteiger partial charge is 0.410 e. The molecule has 0 aromatic heterocycles. The van der Waals surface area contributed by atoms with Gasteiger partial charge >= 0.3 is 12.1 Å². The molecule has 10 heteroatoms. The molecule has 180 valence electrons. The van der Waals surface area contributed by atoms with E-state index in [1.165, 1.54) is 24.1 Å². The van der Waals surface area contributed by atoms with Gasteiger partial charge in [-0.2, -0.15) is 0 Å². The minimum Gasteiger partial charge on any atom is -0.466 e. The van der Waals surface area contributed by atoms with Gasteiger partial charge in [-0.15, -0.1) is 0 Å². The number of esters is 1. The number of benzene rings is 2. The van der Waals surface area contributed by atoms with Gasteiger partial charge in [0.15, 0.2) is 11.5 Å². The number of likely N-dealkylation sites (tertiary alicyclic amines) is 1. The molecule has 2 aliphatic heterocycles. The van der Waals surface area contributed by atoms with E-state index in [2.05, 4.69) is 5.32 Å². The molecular weight excluding hydrogens is 447 g/mol. The number of hydrogen-bond acceptors (Lipinski definition) is 7. The predicted molar refractivity (Wildman–Crippen MR) is 116 cm³/mol. The SMILES string of the molecule is CCOC(=O)C1CC(C(=O)NCc2ccc(F)cc2)N(C(=O)OC)C1c1ccc2c(c1)OCO2. The van der Waals surface area contributed by atoms with E-state index in [0.29, 0.717) is 22.6 Å². The molecule has 1 saturated heterocycles. The number of rotatable bonds is 6. The summed E-state index contributed by atoms with van der Waals surface area (Å²) in [6, 6.07) is 9.00. The van der Waals surface area contributed by atoms with Gasteiger partial charge in [-0.1, -0.05) is 18.2 Å². The Hall–Kier alpha value is -3.82. The summed E-state index contributed by atoms with van der Waals surface area (Å²) in [6.45, 7) is 2.04. The largest absolute Gasteiger partial charge is 0.466 e. The number of carbonyl (C=O) groups is 3.